The maximum absolute atomic E-state index is 6.28. The van der Waals surface area contributed by atoms with Gasteiger partial charge in [0.25, 0.3) is 0 Å². The predicted molar refractivity (Wildman–Crippen MR) is 95.8 cm³/mol. The molecular formula is C19H26ClNO5. The number of fused-ring (bicyclic) bond motifs is 3. The molecule has 1 aromatic carbocycles. The van der Waals surface area contributed by atoms with E-state index in [-0.39, 0.29) is 24.4 Å². The molecule has 3 aliphatic heterocycles. The van der Waals surface area contributed by atoms with E-state index < -0.39 is 18.4 Å². The lowest BCUT2D eigenvalue weighted by Crippen LogP contribution is -2.53. The number of hydrogen-bond donors (Lipinski definition) is 0. The van der Waals surface area contributed by atoms with Crippen LogP contribution >= 0.6 is 11.6 Å². The van der Waals surface area contributed by atoms with Gasteiger partial charge in [0.05, 0.1) is 0 Å². The Kier molecular flexibility index (Phi) is 5.27. The van der Waals surface area contributed by atoms with Gasteiger partial charge in [0.2, 0.25) is 0 Å². The van der Waals surface area contributed by atoms with Crippen molar-refractivity contribution < 1.29 is 23.7 Å². The molecule has 7 heteroatoms. The van der Waals surface area contributed by atoms with E-state index in [1.165, 1.54) is 0 Å². The minimum Gasteiger partial charge on any atom is -0.341 e. The number of ether oxygens (including phenoxy) is 5. The maximum atomic E-state index is 6.28. The Hall–Kier alpha value is -0.730. The fraction of sp³-hybridized carbons (Fsp3) is 0.684. The first-order chi connectivity index (χ1) is 12.5. The number of rotatable bonds is 5. The first kappa shape index (κ1) is 18.6. The van der Waals surface area contributed by atoms with Crippen LogP contribution < -0.4 is 0 Å². The molecule has 0 spiro atoms. The van der Waals surface area contributed by atoms with E-state index in [0.717, 1.165) is 12.1 Å². The molecule has 0 bridgehead atoms. The van der Waals surface area contributed by atoms with Crippen molar-refractivity contribution >= 4 is 11.6 Å². The SMILES string of the molecule is CN(CCCl)C[C@@H]1O[C@H](c2ccccc2)O[C@H]2[C@H]3OC(C)(C)O[C@H]3O[C@@H]21. The van der Waals surface area contributed by atoms with Crippen molar-refractivity contribution in [2.75, 3.05) is 26.0 Å². The van der Waals surface area contributed by atoms with Crippen LogP contribution in [0.4, 0.5) is 0 Å². The van der Waals surface area contributed by atoms with Crippen LogP contribution in [0.3, 0.4) is 0 Å². The Morgan fingerprint density at radius 2 is 1.77 bits per heavy atom. The van der Waals surface area contributed by atoms with Crippen LogP contribution in [0.2, 0.25) is 0 Å². The number of alkyl halides is 1. The van der Waals surface area contributed by atoms with Crippen LogP contribution in [0.15, 0.2) is 30.3 Å². The summed E-state index contributed by atoms with van der Waals surface area (Å²) in [5.74, 6) is -0.0996. The molecule has 0 saturated carbocycles. The third kappa shape index (κ3) is 3.64. The second-order valence-electron chi connectivity index (χ2n) is 7.54. The maximum Gasteiger partial charge on any atom is 0.190 e. The zero-order valence-electron chi connectivity index (χ0n) is 15.3. The molecule has 4 rings (SSSR count). The standard InChI is InChI=1S/C19H26ClNO5/c1-19(2)25-16-15-14(23-18(16)26-19)13(11-21(3)10-9-20)22-17(24-15)12-7-5-4-6-8-12/h4-8,13-18H,9-11H2,1-3H3/t13-,14+,15+,16+,17-,18+/m0/s1. The van der Waals surface area contributed by atoms with Crippen LogP contribution in [-0.4, -0.2) is 67.4 Å². The lowest BCUT2D eigenvalue weighted by molar-refractivity contribution is -0.310. The highest BCUT2D eigenvalue weighted by Gasteiger charge is 2.60. The molecule has 3 aliphatic rings. The van der Waals surface area contributed by atoms with Gasteiger partial charge < -0.3 is 28.6 Å². The first-order valence-corrected chi connectivity index (χ1v) is 9.62. The Labute approximate surface area is 159 Å². The second-order valence-corrected chi connectivity index (χ2v) is 7.92. The molecular weight excluding hydrogens is 358 g/mol. The average molecular weight is 384 g/mol. The quantitative estimate of drug-likeness (QED) is 0.728. The zero-order chi connectivity index (χ0) is 18.3. The van der Waals surface area contributed by atoms with E-state index in [2.05, 4.69) is 4.90 Å². The highest BCUT2D eigenvalue weighted by Crippen LogP contribution is 2.45. The van der Waals surface area contributed by atoms with Crippen molar-refractivity contribution in [3.8, 4) is 0 Å². The van der Waals surface area contributed by atoms with Crippen molar-refractivity contribution in [3.63, 3.8) is 0 Å². The summed E-state index contributed by atoms with van der Waals surface area (Å²) >= 11 is 5.88. The molecule has 26 heavy (non-hydrogen) atoms. The van der Waals surface area contributed by atoms with Crippen molar-refractivity contribution in [2.24, 2.45) is 0 Å². The fourth-order valence-corrected chi connectivity index (χ4v) is 4.11. The number of benzene rings is 1. The molecule has 144 valence electrons. The Morgan fingerprint density at radius 1 is 1.00 bits per heavy atom. The van der Waals surface area contributed by atoms with Gasteiger partial charge in [0, 0.05) is 24.5 Å². The lowest BCUT2D eigenvalue weighted by atomic mass is 10.0. The van der Waals surface area contributed by atoms with Crippen LogP contribution in [0, 0.1) is 0 Å². The largest absolute Gasteiger partial charge is 0.341 e. The van der Waals surface area contributed by atoms with Gasteiger partial charge in [-0.15, -0.1) is 11.6 Å². The van der Waals surface area contributed by atoms with Crippen molar-refractivity contribution in [1.29, 1.82) is 0 Å². The molecule has 0 unspecified atom stereocenters. The van der Waals surface area contributed by atoms with E-state index in [9.17, 15) is 0 Å². The van der Waals surface area contributed by atoms with Gasteiger partial charge in [0.1, 0.15) is 24.4 Å². The zero-order valence-corrected chi connectivity index (χ0v) is 16.1. The predicted octanol–water partition coefficient (Wildman–Crippen LogP) is 2.52. The molecule has 3 saturated heterocycles. The summed E-state index contributed by atoms with van der Waals surface area (Å²) in [6.45, 7) is 5.26. The van der Waals surface area contributed by atoms with Crippen molar-refractivity contribution in [3.05, 3.63) is 35.9 Å². The summed E-state index contributed by atoms with van der Waals surface area (Å²) in [5.41, 5.74) is 0.984. The van der Waals surface area contributed by atoms with Gasteiger partial charge in [-0.3, -0.25) is 0 Å². The minimum atomic E-state index is -0.672. The van der Waals surface area contributed by atoms with Gasteiger partial charge in [-0.2, -0.15) is 0 Å². The summed E-state index contributed by atoms with van der Waals surface area (Å²) < 4.78 is 30.7. The van der Waals surface area contributed by atoms with Gasteiger partial charge in [0.15, 0.2) is 18.4 Å². The average Bonchev–Trinajstić information content (AvgIpc) is 3.08. The monoisotopic (exact) mass is 383 g/mol. The van der Waals surface area contributed by atoms with Gasteiger partial charge in [-0.05, 0) is 20.9 Å². The molecule has 0 aliphatic carbocycles. The Morgan fingerprint density at radius 3 is 2.50 bits per heavy atom. The first-order valence-electron chi connectivity index (χ1n) is 9.08. The number of nitrogens with zero attached hydrogens (tertiary/aromatic N) is 1. The molecule has 0 aromatic heterocycles. The molecule has 6 nitrogen and oxygen atoms in total. The highest BCUT2D eigenvalue weighted by molar-refractivity contribution is 6.18. The molecule has 0 N–H and O–H groups in total. The summed E-state index contributed by atoms with van der Waals surface area (Å²) in [7, 11) is 2.03. The van der Waals surface area contributed by atoms with Crippen LogP contribution in [-0.2, 0) is 23.7 Å². The van der Waals surface area contributed by atoms with Crippen LogP contribution in [0.5, 0.6) is 0 Å². The Bertz CT molecular complexity index is 615. The number of halogens is 1. The molecule has 0 amide bonds. The molecule has 1 aromatic rings. The molecule has 3 fully saturated rings. The van der Waals surface area contributed by atoms with E-state index >= 15 is 0 Å². The third-order valence-electron chi connectivity index (χ3n) is 5.00. The second kappa shape index (κ2) is 7.36. The Balaban J connectivity index is 1.56. The minimum absolute atomic E-state index is 0.159. The fourth-order valence-electron chi connectivity index (χ4n) is 3.83. The van der Waals surface area contributed by atoms with Crippen LogP contribution in [0.25, 0.3) is 0 Å². The van der Waals surface area contributed by atoms with Crippen molar-refractivity contribution in [1.82, 2.24) is 4.90 Å². The van der Waals surface area contributed by atoms with Gasteiger partial charge >= 0.3 is 0 Å². The van der Waals surface area contributed by atoms with E-state index in [4.69, 9.17) is 35.3 Å². The van der Waals surface area contributed by atoms with E-state index in [0.29, 0.717) is 12.4 Å². The van der Waals surface area contributed by atoms with Crippen molar-refractivity contribution in [2.45, 2.75) is 56.6 Å². The topological polar surface area (TPSA) is 49.4 Å². The van der Waals surface area contributed by atoms with E-state index in [1.807, 2.05) is 51.2 Å². The third-order valence-corrected chi connectivity index (χ3v) is 5.17. The summed E-state index contributed by atoms with van der Waals surface area (Å²) in [4.78, 5) is 2.14. The normalized spacial score (nSPS) is 38.3. The molecule has 0 radical (unpaired) electrons. The summed E-state index contributed by atoms with van der Waals surface area (Å²) in [6.07, 6.45) is -1.78. The van der Waals surface area contributed by atoms with Gasteiger partial charge in [-0.25, -0.2) is 0 Å². The van der Waals surface area contributed by atoms with Gasteiger partial charge in [-0.1, -0.05) is 30.3 Å². The molecule has 6 atom stereocenters. The van der Waals surface area contributed by atoms with Crippen LogP contribution in [0.1, 0.15) is 25.7 Å². The van der Waals surface area contributed by atoms with E-state index in [1.54, 1.807) is 0 Å². The number of likely N-dealkylation sites (N-methyl/N-ethyl adjacent to an activating group) is 1. The summed E-state index contributed by atoms with van der Waals surface area (Å²) in [6, 6.07) is 9.96. The summed E-state index contributed by atoms with van der Waals surface area (Å²) in [5, 5.41) is 0. The highest BCUT2D eigenvalue weighted by atomic mass is 35.5. The number of hydrogen-bond acceptors (Lipinski definition) is 6. The molecule has 3 heterocycles. The lowest BCUT2D eigenvalue weighted by Gasteiger charge is -2.41. The smallest absolute Gasteiger partial charge is 0.190 e.